The smallest absolute Gasteiger partial charge is 0.300 e. The average Bonchev–Trinajstić information content (AvgIpc) is 2.78. The summed E-state index contributed by atoms with van der Waals surface area (Å²) in [4.78, 5) is 10.3. The lowest BCUT2D eigenvalue weighted by atomic mass is 10.2. The summed E-state index contributed by atoms with van der Waals surface area (Å²) in [6, 6.07) is 2.95. The minimum Gasteiger partial charge on any atom is -0.380 e. The Morgan fingerprint density at radius 1 is 1.56 bits per heavy atom. The molecular weight excluding hydrogens is 236 g/mol. The van der Waals surface area contributed by atoms with Crippen molar-refractivity contribution in [1.29, 1.82) is 0 Å². The number of nitro groups is 1. The normalized spacial score (nSPS) is 12.0. The minimum atomic E-state index is -0.527. The topological polar surface area (TPSA) is 94.1 Å². The van der Waals surface area contributed by atoms with Crippen molar-refractivity contribution in [2.45, 2.75) is 19.4 Å². The number of nitro benzene ring substituents is 1. The Hall–Kier alpha value is -2.62. The van der Waals surface area contributed by atoms with Gasteiger partial charge >= 0.3 is 5.69 Å². The predicted molar refractivity (Wildman–Crippen MR) is 65.0 cm³/mol. The van der Waals surface area contributed by atoms with Crippen molar-refractivity contribution in [1.82, 2.24) is 10.3 Å². The van der Waals surface area contributed by atoms with Crippen molar-refractivity contribution < 1.29 is 9.55 Å². The van der Waals surface area contributed by atoms with Gasteiger partial charge in [0.15, 0.2) is 5.52 Å². The molecule has 0 bridgehead atoms. The van der Waals surface area contributed by atoms with Crippen molar-refractivity contribution in [3.8, 4) is 12.3 Å². The first-order valence-corrected chi connectivity index (χ1v) is 5.23. The third kappa shape index (κ3) is 2.08. The number of terminal acetylenes is 1. The lowest BCUT2D eigenvalue weighted by Crippen LogP contribution is -2.14. The van der Waals surface area contributed by atoms with Crippen molar-refractivity contribution >= 4 is 22.4 Å². The molecule has 0 aliphatic carbocycles. The quantitative estimate of drug-likeness (QED) is 0.503. The van der Waals surface area contributed by atoms with Crippen LogP contribution in [0.2, 0.25) is 0 Å². The van der Waals surface area contributed by atoms with E-state index in [1.54, 1.807) is 6.07 Å². The zero-order valence-corrected chi connectivity index (χ0v) is 9.58. The van der Waals surface area contributed by atoms with E-state index in [0.29, 0.717) is 17.6 Å². The van der Waals surface area contributed by atoms with Gasteiger partial charge in [-0.1, -0.05) is 0 Å². The molecule has 92 valence electrons. The Morgan fingerprint density at radius 2 is 2.28 bits per heavy atom. The number of hydrogen-bond acceptors (Lipinski definition) is 6. The molecule has 0 fully saturated rings. The lowest BCUT2D eigenvalue weighted by Gasteiger charge is -2.11. The number of aromatic nitrogens is 2. The highest BCUT2D eigenvalue weighted by molar-refractivity contribution is 5.93. The van der Waals surface area contributed by atoms with Crippen LogP contribution in [0.25, 0.3) is 11.0 Å². The Bertz CT molecular complexity index is 629. The lowest BCUT2D eigenvalue weighted by molar-refractivity contribution is -0.383. The third-order valence-corrected chi connectivity index (χ3v) is 2.42. The second-order valence-electron chi connectivity index (χ2n) is 3.80. The zero-order valence-electron chi connectivity index (χ0n) is 9.58. The highest BCUT2D eigenvalue weighted by Crippen LogP contribution is 2.29. The van der Waals surface area contributed by atoms with Crippen LogP contribution in [0.5, 0.6) is 0 Å². The number of nitrogens with zero attached hydrogens (tertiary/aromatic N) is 3. The van der Waals surface area contributed by atoms with Gasteiger partial charge in [0.25, 0.3) is 0 Å². The van der Waals surface area contributed by atoms with E-state index in [1.165, 1.54) is 6.07 Å². The van der Waals surface area contributed by atoms with Gasteiger partial charge in [-0.15, -0.1) is 12.3 Å². The molecule has 0 saturated heterocycles. The van der Waals surface area contributed by atoms with E-state index in [1.807, 2.05) is 6.92 Å². The van der Waals surface area contributed by atoms with Crippen LogP contribution in [0.15, 0.2) is 16.8 Å². The predicted octanol–water partition coefficient (Wildman–Crippen LogP) is 1.95. The van der Waals surface area contributed by atoms with E-state index in [2.05, 4.69) is 26.2 Å². The molecule has 0 aliphatic rings. The van der Waals surface area contributed by atoms with Gasteiger partial charge in [0.1, 0.15) is 0 Å². The zero-order chi connectivity index (χ0) is 13.1. The molecule has 2 rings (SSSR count). The van der Waals surface area contributed by atoms with Gasteiger partial charge in [0, 0.05) is 18.5 Å². The summed E-state index contributed by atoms with van der Waals surface area (Å²) in [7, 11) is 0. The molecule has 0 amide bonds. The molecular formula is C11H10N4O3. The maximum Gasteiger partial charge on any atom is 0.300 e. The number of nitrogens with one attached hydrogen (secondary N) is 1. The van der Waals surface area contributed by atoms with Crippen LogP contribution in [0, 0.1) is 22.5 Å². The Balaban J connectivity index is 2.42. The van der Waals surface area contributed by atoms with Crippen LogP contribution in [0.1, 0.15) is 13.3 Å². The maximum absolute atomic E-state index is 10.8. The number of anilines is 1. The summed E-state index contributed by atoms with van der Waals surface area (Å²) in [5.74, 6) is 2.53. The van der Waals surface area contributed by atoms with Gasteiger partial charge in [-0.3, -0.25) is 10.1 Å². The molecule has 18 heavy (non-hydrogen) atoms. The van der Waals surface area contributed by atoms with E-state index in [0.717, 1.165) is 0 Å². The highest BCUT2D eigenvalue weighted by atomic mass is 16.6. The van der Waals surface area contributed by atoms with Crippen LogP contribution in [-0.4, -0.2) is 21.3 Å². The van der Waals surface area contributed by atoms with Crippen molar-refractivity contribution in [3.63, 3.8) is 0 Å². The monoisotopic (exact) mass is 246 g/mol. The number of non-ortho nitro benzene ring substituents is 1. The minimum absolute atomic E-state index is 0.0244. The average molecular weight is 246 g/mol. The molecule has 0 aliphatic heterocycles. The molecule has 1 N–H and O–H groups in total. The van der Waals surface area contributed by atoms with Crippen molar-refractivity contribution in [2.24, 2.45) is 0 Å². The van der Waals surface area contributed by atoms with Gasteiger partial charge in [-0.25, -0.2) is 4.63 Å². The fraction of sp³-hybridized carbons (Fsp3) is 0.273. The summed E-state index contributed by atoms with van der Waals surface area (Å²) in [6.07, 6.45) is 5.75. The molecule has 0 spiro atoms. The van der Waals surface area contributed by atoms with Gasteiger partial charge < -0.3 is 5.32 Å². The molecule has 7 nitrogen and oxygen atoms in total. The highest BCUT2D eigenvalue weighted by Gasteiger charge is 2.19. The molecule has 1 atom stereocenters. The Kier molecular flexibility index (Phi) is 3.10. The van der Waals surface area contributed by atoms with Crippen molar-refractivity contribution in [2.75, 3.05) is 5.32 Å². The number of fused-ring (bicyclic) bond motifs is 1. The van der Waals surface area contributed by atoms with Crippen LogP contribution in [0.4, 0.5) is 11.4 Å². The van der Waals surface area contributed by atoms with Crippen LogP contribution in [-0.2, 0) is 0 Å². The fourth-order valence-electron chi connectivity index (χ4n) is 1.61. The Morgan fingerprint density at radius 3 is 2.94 bits per heavy atom. The van der Waals surface area contributed by atoms with E-state index in [9.17, 15) is 10.1 Å². The summed E-state index contributed by atoms with van der Waals surface area (Å²) in [6.45, 7) is 1.90. The molecule has 1 unspecified atom stereocenters. The van der Waals surface area contributed by atoms with Gasteiger partial charge in [-0.2, -0.15) is 0 Å². The number of rotatable bonds is 4. The second-order valence-corrected chi connectivity index (χ2v) is 3.80. The fourth-order valence-corrected chi connectivity index (χ4v) is 1.61. The van der Waals surface area contributed by atoms with E-state index in [-0.39, 0.29) is 17.2 Å². The summed E-state index contributed by atoms with van der Waals surface area (Å²) in [5.41, 5.74) is 0.923. The molecule has 0 saturated carbocycles. The SMILES string of the molecule is C#CCC(C)Nc1ccc([N+](=O)[O-])c2nonc12. The largest absolute Gasteiger partial charge is 0.380 e. The molecule has 1 aromatic heterocycles. The summed E-state index contributed by atoms with van der Waals surface area (Å²) in [5, 5.41) is 21.1. The molecule has 7 heteroatoms. The third-order valence-electron chi connectivity index (χ3n) is 2.42. The van der Waals surface area contributed by atoms with E-state index >= 15 is 0 Å². The van der Waals surface area contributed by atoms with E-state index < -0.39 is 4.92 Å². The molecule has 0 radical (unpaired) electrons. The first-order valence-electron chi connectivity index (χ1n) is 5.23. The van der Waals surface area contributed by atoms with Crippen LogP contribution >= 0.6 is 0 Å². The maximum atomic E-state index is 10.8. The van der Waals surface area contributed by atoms with Crippen LogP contribution in [0.3, 0.4) is 0 Å². The van der Waals surface area contributed by atoms with Gasteiger partial charge in [0.05, 0.1) is 10.6 Å². The molecule has 1 aromatic carbocycles. The van der Waals surface area contributed by atoms with Crippen molar-refractivity contribution in [3.05, 3.63) is 22.2 Å². The van der Waals surface area contributed by atoms with Gasteiger partial charge in [-0.05, 0) is 23.3 Å². The first kappa shape index (κ1) is 11.9. The second kappa shape index (κ2) is 4.71. The number of benzene rings is 1. The molecule has 2 aromatic rings. The first-order chi connectivity index (χ1) is 8.63. The standard InChI is InChI=1S/C11H10N4O3/c1-3-4-7(2)12-8-5-6-9(15(16)17)11-10(8)13-18-14-11/h1,5-7,12H,4H2,2H3. The Labute approximate surface area is 102 Å². The van der Waals surface area contributed by atoms with E-state index in [4.69, 9.17) is 6.42 Å². The van der Waals surface area contributed by atoms with Crippen LogP contribution < -0.4 is 5.32 Å². The summed E-state index contributed by atoms with van der Waals surface area (Å²) >= 11 is 0. The number of hydrogen-bond donors (Lipinski definition) is 1. The summed E-state index contributed by atoms with van der Waals surface area (Å²) < 4.78 is 4.55. The molecule has 1 heterocycles. The van der Waals surface area contributed by atoms with Gasteiger partial charge in [0.2, 0.25) is 5.52 Å².